The molecule has 110 valence electrons. The fourth-order valence-corrected chi connectivity index (χ4v) is 2.95. The fourth-order valence-electron chi connectivity index (χ4n) is 2.01. The van der Waals surface area contributed by atoms with Gasteiger partial charge in [-0.2, -0.15) is 0 Å². The van der Waals surface area contributed by atoms with Gasteiger partial charge in [0.05, 0.1) is 5.25 Å². The number of aromatic nitrogens is 2. The summed E-state index contributed by atoms with van der Waals surface area (Å²) >= 11 is 1.44. The summed E-state index contributed by atoms with van der Waals surface area (Å²) in [6, 6.07) is 6.30. The molecule has 1 fully saturated rings. The maximum atomic E-state index is 12.8. The Hall–Kier alpha value is -1.82. The van der Waals surface area contributed by atoms with Crippen LogP contribution in [0.2, 0.25) is 0 Å². The van der Waals surface area contributed by atoms with Crippen molar-refractivity contribution in [2.24, 2.45) is 0 Å². The van der Waals surface area contributed by atoms with Crippen LogP contribution in [0.15, 0.2) is 41.8 Å². The number of thioether (sulfide) groups is 1. The lowest BCUT2D eigenvalue weighted by Gasteiger charge is -2.12. The number of halogens is 1. The molecule has 1 aromatic heterocycles. The second kappa shape index (κ2) is 5.89. The van der Waals surface area contributed by atoms with Crippen LogP contribution in [0, 0.1) is 5.82 Å². The van der Waals surface area contributed by atoms with Gasteiger partial charge < -0.3 is 9.88 Å². The number of rotatable bonds is 5. The van der Waals surface area contributed by atoms with Crippen molar-refractivity contribution < 1.29 is 9.18 Å². The fraction of sp³-hybridized carbons (Fsp3) is 0.333. The van der Waals surface area contributed by atoms with Crippen LogP contribution in [0.4, 0.5) is 10.1 Å². The van der Waals surface area contributed by atoms with Crippen LogP contribution in [0.3, 0.4) is 0 Å². The molecule has 0 bridgehead atoms. The van der Waals surface area contributed by atoms with Crippen molar-refractivity contribution in [2.45, 2.75) is 36.2 Å². The Bertz CT molecular complexity index is 637. The molecule has 2 aromatic rings. The summed E-state index contributed by atoms with van der Waals surface area (Å²) in [5.74, 6) is -0.432. The maximum absolute atomic E-state index is 12.8. The Kier molecular flexibility index (Phi) is 3.96. The van der Waals surface area contributed by atoms with Gasteiger partial charge in [-0.05, 0) is 44.0 Å². The van der Waals surface area contributed by atoms with Crippen molar-refractivity contribution in [1.82, 2.24) is 9.55 Å². The van der Waals surface area contributed by atoms with E-state index in [9.17, 15) is 9.18 Å². The van der Waals surface area contributed by atoms with Gasteiger partial charge in [-0.1, -0.05) is 11.8 Å². The summed E-state index contributed by atoms with van der Waals surface area (Å²) in [5, 5.41) is 3.39. The lowest BCUT2D eigenvalue weighted by Crippen LogP contribution is -2.22. The molecule has 0 aliphatic heterocycles. The van der Waals surface area contributed by atoms with Gasteiger partial charge in [-0.3, -0.25) is 4.79 Å². The van der Waals surface area contributed by atoms with Gasteiger partial charge >= 0.3 is 0 Å². The standard InChI is InChI=1S/C15H16FN3OS/c1-10(14(20)18-12-4-2-11(16)3-5-12)21-15-17-8-9-19(15)13-6-7-13/h2-5,8-10,13H,6-7H2,1H3,(H,18,20)/t10-/m1/s1. The largest absolute Gasteiger partial charge is 0.325 e. The first kappa shape index (κ1) is 14.1. The number of hydrogen-bond acceptors (Lipinski definition) is 3. The van der Waals surface area contributed by atoms with Crippen molar-refractivity contribution in [3.8, 4) is 0 Å². The summed E-state index contributed by atoms with van der Waals surface area (Å²) in [6.45, 7) is 1.84. The number of anilines is 1. The molecule has 0 saturated heterocycles. The van der Waals surface area contributed by atoms with Crippen molar-refractivity contribution in [3.63, 3.8) is 0 Å². The number of hydrogen-bond donors (Lipinski definition) is 1. The molecule has 6 heteroatoms. The number of carbonyl (C=O) groups excluding carboxylic acids is 1. The number of nitrogens with zero attached hydrogens (tertiary/aromatic N) is 2. The van der Waals surface area contributed by atoms with Gasteiger partial charge in [0, 0.05) is 24.1 Å². The highest BCUT2D eigenvalue weighted by molar-refractivity contribution is 8.00. The molecule has 1 aliphatic rings. The van der Waals surface area contributed by atoms with Gasteiger partial charge in [0.25, 0.3) is 0 Å². The molecular formula is C15H16FN3OS. The predicted molar refractivity (Wildman–Crippen MR) is 80.8 cm³/mol. The molecule has 3 rings (SSSR count). The first-order valence-corrected chi connectivity index (χ1v) is 7.77. The molecule has 1 aliphatic carbocycles. The van der Waals surface area contributed by atoms with E-state index in [2.05, 4.69) is 14.9 Å². The zero-order valence-corrected chi connectivity index (χ0v) is 12.4. The highest BCUT2D eigenvalue weighted by Crippen LogP contribution is 2.38. The summed E-state index contributed by atoms with van der Waals surface area (Å²) in [4.78, 5) is 16.5. The summed E-state index contributed by atoms with van der Waals surface area (Å²) < 4.78 is 15.0. The van der Waals surface area contributed by atoms with Crippen LogP contribution in [-0.2, 0) is 4.79 Å². The topological polar surface area (TPSA) is 46.9 Å². The third kappa shape index (κ3) is 3.44. The van der Waals surface area contributed by atoms with Crippen LogP contribution in [0.5, 0.6) is 0 Å². The van der Waals surface area contributed by atoms with Gasteiger partial charge in [-0.25, -0.2) is 9.37 Å². The molecule has 1 atom stereocenters. The Morgan fingerprint density at radius 3 is 2.81 bits per heavy atom. The van der Waals surface area contributed by atoms with Gasteiger partial charge in [-0.15, -0.1) is 0 Å². The van der Waals surface area contributed by atoms with E-state index in [1.54, 1.807) is 18.3 Å². The minimum absolute atomic E-state index is 0.114. The Morgan fingerprint density at radius 2 is 2.14 bits per heavy atom. The molecular weight excluding hydrogens is 289 g/mol. The molecule has 0 unspecified atom stereocenters. The average Bonchev–Trinajstić information content (AvgIpc) is 3.21. The first-order valence-electron chi connectivity index (χ1n) is 6.89. The number of nitrogens with one attached hydrogen (secondary N) is 1. The zero-order valence-electron chi connectivity index (χ0n) is 11.6. The Labute approximate surface area is 126 Å². The van der Waals surface area contributed by atoms with E-state index in [1.165, 1.54) is 36.7 Å². The predicted octanol–water partition coefficient (Wildman–Crippen LogP) is 3.48. The highest BCUT2D eigenvalue weighted by Gasteiger charge is 2.27. The SMILES string of the molecule is C[C@@H](Sc1nccn1C1CC1)C(=O)Nc1ccc(F)cc1. The van der Waals surface area contributed by atoms with Crippen molar-refractivity contribution in [3.05, 3.63) is 42.5 Å². The maximum Gasteiger partial charge on any atom is 0.237 e. The van der Waals surface area contributed by atoms with Gasteiger partial charge in [0.1, 0.15) is 5.82 Å². The zero-order chi connectivity index (χ0) is 14.8. The van der Waals surface area contributed by atoms with Crippen molar-refractivity contribution in [1.29, 1.82) is 0 Å². The summed E-state index contributed by atoms with van der Waals surface area (Å²) in [7, 11) is 0. The second-order valence-electron chi connectivity index (χ2n) is 5.10. The van der Waals surface area contributed by atoms with Crippen molar-refractivity contribution in [2.75, 3.05) is 5.32 Å². The van der Waals surface area contributed by atoms with E-state index in [1.807, 2.05) is 13.1 Å². The number of benzene rings is 1. The molecule has 1 saturated carbocycles. The lowest BCUT2D eigenvalue weighted by atomic mass is 10.3. The Morgan fingerprint density at radius 1 is 1.43 bits per heavy atom. The molecule has 1 N–H and O–H groups in total. The van der Waals surface area contributed by atoms with E-state index in [0.29, 0.717) is 11.7 Å². The van der Waals surface area contributed by atoms with Crippen LogP contribution >= 0.6 is 11.8 Å². The summed E-state index contributed by atoms with van der Waals surface area (Å²) in [5.41, 5.74) is 0.597. The third-order valence-corrected chi connectivity index (χ3v) is 4.43. The summed E-state index contributed by atoms with van der Waals surface area (Å²) in [6.07, 6.45) is 6.09. The molecule has 21 heavy (non-hydrogen) atoms. The number of imidazole rings is 1. The quantitative estimate of drug-likeness (QED) is 0.860. The smallest absolute Gasteiger partial charge is 0.237 e. The minimum atomic E-state index is -0.318. The lowest BCUT2D eigenvalue weighted by molar-refractivity contribution is -0.115. The molecule has 4 nitrogen and oxygen atoms in total. The monoisotopic (exact) mass is 305 g/mol. The van der Waals surface area contributed by atoms with Crippen LogP contribution in [-0.4, -0.2) is 20.7 Å². The van der Waals surface area contributed by atoms with Crippen LogP contribution in [0.25, 0.3) is 0 Å². The van der Waals surface area contributed by atoms with Crippen LogP contribution in [0.1, 0.15) is 25.8 Å². The first-order chi connectivity index (χ1) is 10.1. The van der Waals surface area contributed by atoms with E-state index in [0.717, 1.165) is 5.16 Å². The normalized spacial score (nSPS) is 15.7. The average molecular weight is 305 g/mol. The van der Waals surface area contributed by atoms with Crippen molar-refractivity contribution >= 4 is 23.4 Å². The number of carbonyl (C=O) groups is 1. The molecule has 0 spiro atoms. The van der Waals surface area contributed by atoms with Gasteiger partial charge in [0.2, 0.25) is 5.91 Å². The molecule has 1 heterocycles. The van der Waals surface area contributed by atoms with Crippen LogP contribution < -0.4 is 5.32 Å². The minimum Gasteiger partial charge on any atom is -0.325 e. The second-order valence-corrected chi connectivity index (χ2v) is 6.41. The van der Waals surface area contributed by atoms with E-state index < -0.39 is 0 Å². The highest BCUT2D eigenvalue weighted by atomic mass is 32.2. The van der Waals surface area contributed by atoms with E-state index in [4.69, 9.17) is 0 Å². The van der Waals surface area contributed by atoms with Gasteiger partial charge in [0.15, 0.2) is 5.16 Å². The molecule has 0 radical (unpaired) electrons. The Balaban J connectivity index is 1.61. The van der Waals surface area contributed by atoms with E-state index >= 15 is 0 Å². The molecule has 1 amide bonds. The third-order valence-electron chi connectivity index (χ3n) is 3.34. The van der Waals surface area contributed by atoms with E-state index in [-0.39, 0.29) is 17.0 Å². The molecule has 1 aromatic carbocycles. The number of amides is 1.